The number of nitrogens with zero attached hydrogens (tertiary/aromatic N) is 2. The van der Waals surface area contributed by atoms with Gasteiger partial charge in [0.25, 0.3) is 5.91 Å². The molecule has 1 aliphatic heterocycles. The number of aromatic nitrogens is 1. The fourth-order valence-electron chi connectivity index (χ4n) is 4.39. The molecule has 3 aromatic carbocycles. The second-order valence-corrected chi connectivity index (χ2v) is 7.95. The van der Waals surface area contributed by atoms with Crippen molar-refractivity contribution in [2.45, 2.75) is 13.5 Å². The highest BCUT2D eigenvalue weighted by Crippen LogP contribution is 2.37. The first-order chi connectivity index (χ1) is 14.6. The van der Waals surface area contributed by atoms with Crippen LogP contribution in [0.15, 0.2) is 84.9 Å². The van der Waals surface area contributed by atoms with Gasteiger partial charge in [0.05, 0.1) is 0 Å². The van der Waals surface area contributed by atoms with Crippen molar-refractivity contribution in [2.24, 2.45) is 7.05 Å². The van der Waals surface area contributed by atoms with Crippen LogP contribution in [0.5, 0.6) is 0 Å². The molecule has 1 aromatic heterocycles. The Morgan fingerprint density at radius 2 is 1.57 bits per heavy atom. The third kappa shape index (κ3) is 3.03. The molecule has 0 atom stereocenters. The number of aryl methyl sites for hydroxylation is 2. The van der Waals surface area contributed by atoms with Gasteiger partial charge >= 0.3 is 0 Å². The molecule has 1 aliphatic rings. The maximum Gasteiger partial charge on any atom is 0.271 e. The van der Waals surface area contributed by atoms with E-state index in [0.717, 1.165) is 38.9 Å². The van der Waals surface area contributed by atoms with Crippen LogP contribution in [0, 0.1) is 6.92 Å². The minimum absolute atomic E-state index is 0.0749. The van der Waals surface area contributed by atoms with E-state index < -0.39 is 0 Å². The number of fused-ring (bicyclic) bond motifs is 3. The smallest absolute Gasteiger partial charge is 0.271 e. The molecule has 0 spiro atoms. The standard InChI is InChI=1S/C27H24N2O/c1-19-12-14-21(15-13-19)22-16-17-29(18-20-8-4-3-5-9-20)27(30)26-25(22)23-10-6-7-11-24(23)28(26)2/h3-16H,17-18H2,1-2H3. The predicted molar refractivity (Wildman–Crippen MR) is 122 cm³/mol. The van der Waals surface area contributed by atoms with Gasteiger partial charge in [-0.3, -0.25) is 4.79 Å². The summed E-state index contributed by atoms with van der Waals surface area (Å²) in [5.74, 6) is 0.0749. The molecule has 0 aliphatic carbocycles. The highest BCUT2D eigenvalue weighted by molar-refractivity contribution is 6.10. The highest BCUT2D eigenvalue weighted by atomic mass is 16.2. The molecular weight excluding hydrogens is 368 g/mol. The molecule has 0 unspecified atom stereocenters. The summed E-state index contributed by atoms with van der Waals surface area (Å²) in [5, 5.41) is 1.12. The number of para-hydroxylation sites is 1. The normalized spacial score (nSPS) is 13.9. The van der Waals surface area contributed by atoms with Gasteiger partial charge < -0.3 is 9.47 Å². The number of amides is 1. The average Bonchev–Trinajstić information content (AvgIpc) is 2.98. The molecular formula is C27H24N2O. The lowest BCUT2D eigenvalue weighted by molar-refractivity contribution is 0.0755. The topological polar surface area (TPSA) is 25.2 Å². The zero-order chi connectivity index (χ0) is 20.7. The molecule has 1 amide bonds. The molecule has 5 rings (SSSR count). The zero-order valence-electron chi connectivity index (χ0n) is 17.3. The Kier molecular flexibility index (Phi) is 4.51. The van der Waals surface area contributed by atoms with Crippen LogP contribution in [-0.2, 0) is 13.6 Å². The van der Waals surface area contributed by atoms with Crippen LogP contribution in [0.2, 0.25) is 0 Å². The maximum absolute atomic E-state index is 13.7. The van der Waals surface area contributed by atoms with Crippen molar-refractivity contribution in [3.63, 3.8) is 0 Å². The van der Waals surface area contributed by atoms with Crippen molar-refractivity contribution in [1.82, 2.24) is 9.47 Å². The van der Waals surface area contributed by atoms with E-state index in [4.69, 9.17) is 0 Å². The lowest BCUT2D eigenvalue weighted by atomic mass is 9.94. The van der Waals surface area contributed by atoms with Crippen molar-refractivity contribution in [1.29, 1.82) is 0 Å². The van der Waals surface area contributed by atoms with Crippen molar-refractivity contribution in [3.05, 3.63) is 113 Å². The first kappa shape index (κ1) is 18.4. The minimum atomic E-state index is 0.0749. The van der Waals surface area contributed by atoms with Gasteiger partial charge in [-0.15, -0.1) is 0 Å². The van der Waals surface area contributed by atoms with Gasteiger partial charge in [-0.05, 0) is 29.7 Å². The summed E-state index contributed by atoms with van der Waals surface area (Å²) in [5.41, 5.74) is 7.52. The molecule has 0 fully saturated rings. The summed E-state index contributed by atoms with van der Waals surface area (Å²) < 4.78 is 2.05. The fraction of sp³-hybridized carbons (Fsp3) is 0.148. The third-order valence-electron chi connectivity index (χ3n) is 5.96. The van der Waals surface area contributed by atoms with Crippen molar-refractivity contribution < 1.29 is 4.79 Å². The van der Waals surface area contributed by atoms with Crippen LogP contribution in [0.25, 0.3) is 16.5 Å². The van der Waals surface area contributed by atoms with Gasteiger partial charge in [0, 0.05) is 36.6 Å². The SMILES string of the molecule is Cc1ccc(C2=CCN(Cc3ccccc3)C(=O)c3c2c2ccccc2n3C)cc1. The van der Waals surface area contributed by atoms with E-state index in [1.165, 1.54) is 5.56 Å². The quantitative estimate of drug-likeness (QED) is 0.447. The largest absolute Gasteiger partial charge is 0.339 e. The van der Waals surface area contributed by atoms with E-state index in [1.54, 1.807) is 0 Å². The zero-order valence-corrected chi connectivity index (χ0v) is 17.3. The fourth-order valence-corrected chi connectivity index (χ4v) is 4.39. The Labute approximate surface area is 176 Å². The molecule has 0 saturated carbocycles. The summed E-state index contributed by atoms with van der Waals surface area (Å²) in [6, 6.07) is 27.1. The summed E-state index contributed by atoms with van der Waals surface area (Å²) in [4.78, 5) is 15.7. The number of carbonyl (C=O) groups is 1. The van der Waals surface area contributed by atoms with Gasteiger partial charge in [-0.1, -0.05) is 84.4 Å². The summed E-state index contributed by atoms with van der Waals surface area (Å²) in [6.07, 6.45) is 2.21. The van der Waals surface area contributed by atoms with E-state index in [9.17, 15) is 4.79 Å². The monoisotopic (exact) mass is 392 g/mol. The van der Waals surface area contributed by atoms with Gasteiger partial charge in [0.2, 0.25) is 0 Å². The molecule has 0 bridgehead atoms. The van der Waals surface area contributed by atoms with Crippen molar-refractivity contribution in [2.75, 3.05) is 6.54 Å². The molecule has 0 N–H and O–H groups in total. The van der Waals surface area contributed by atoms with Crippen LogP contribution in [-0.4, -0.2) is 21.9 Å². The second kappa shape index (κ2) is 7.34. The first-order valence-corrected chi connectivity index (χ1v) is 10.3. The molecule has 30 heavy (non-hydrogen) atoms. The predicted octanol–water partition coefficient (Wildman–Crippen LogP) is 5.57. The van der Waals surface area contributed by atoms with Gasteiger partial charge in [-0.25, -0.2) is 0 Å². The average molecular weight is 393 g/mol. The van der Waals surface area contributed by atoms with E-state index in [2.05, 4.69) is 66.1 Å². The molecule has 0 saturated heterocycles. The highest BCUT2D eigenvalue weighted by Gasteiger charge is 2.30. The lowest BCUT2D eigenvalue weighted by Gasteiger charge is -2.21. The molecule has 148 valence electrons. The number of benzene rings is 3. The number of rotatable bonds is 3. The Balaban J connectivity index is 1.71. The van der Waals surface area contributed by atoms with Gasteiger partial charge in [0.1, 0.15) is 5.69 Å². The number of hydrogen-bond donors (Lipinski definition) is 0. The van der Waals surface area contributed by atoms with E-state index in [1.807, 2.05) is 42.3 Å². The minimum Gasteiger partial charge on any atom is -0.339 e. The summed E-state index contributed by atoms with van der Waals surface area (Å²) >= 11 is 0. The van der Waals surface area contributed by atoms with E-state index >= 15 is 0 Å². The third-order valence-corrected chi connectivity index (χ3v) is 5.96. The molecule has 3 heteroatoms. The van der Waals surface area contributed by atoms with Crippen LogP contribution >= 0.6 is 0 Å². The summed E-state index contributed by atoms with van der Waals surface area (Å²) in [6.45, 7) is 3.28. The first-order valence-electron chi connectivity index (χ1n) is 10.3. The Morgan fingerprint density at radius 1 is 0.867 bits per heavy atom. The van der Waals surface area contributed by atoms with Crippen molar-refractivity contribution >= 4 is 22.4 Å². The summed E-state index contributed by atoms with van der Waals surface area (Å²) in [7, 11) is 2.00. The molecule has 0 radical (unpaired) electrons. The van der Waals surface area contributed by atoms with Crippen LogP contribution in [0.4, 0.5) is 0 Å². The molecule has 4 aromatic rings. The van der Waals surface area contributed by atoms with Crippen molar-refractivity contribution in [3.8, 4) is 0 Å². The van der Waals surface area contributed by atoms with Gasteiger partial charge in [-0.2, -0.15) is 0 Å². The van der Waals surface area contributed by atoms with Crippen LogP contribution < -0.4 is 0 Å². The number of hydrogen-bond acceptors (Lipinski definition) is 1. The van der Waals surface area contributed by atoms with Crippen LogP contribution in [0.1, 0.15) is 32.7 Å². The Morgan fingerprint density at radius 3 is 2.33 bits per heavy atom. The van der Waals surface area contributed by atoms with Crippen LogP contribution in [0.3, 0.4) is 0 Å². The second-order valence-electron chi connectivity index (χ2n) is 7.95. The Hall–Kier alpha value is -3.59. The maximum atomic E-state index is 13.7. The number of carbonyl (C=O) groups excluding carboxylic acids is 1. The Bertz CT molecular complexity index is 1260. The van der Waals surface area contributed by atoms with E-state index in [0.29, 0.717) is 13.1 Å². The molecule has 2 heterocycles. The van der Waals surface area contributed by atoms with Gasteiger partial charge in [0.15, 0.2) is 0 Å². The molecule has 3 nitrogen and oxygen atoms in total. The lowest BCUT2D eigenvalue weighted by Crippen LogP contribution is -2.31. The van der Waals surface area contributed by atoms with E-state index in [-0.39, 0.29) is 5.91 Å².